The zero-order valence-corrected chi connectivity index (χ0v) is 31.9. The number of benzene rings is 9. The third-order valence-electron chi connectivity index (χ3n) is 12.1. The van der Waals surface area contributed by atoms with Crippen molar-refractivity contribution in [2.45, 2.75) is 19.3 Å². The van der Waals surface area contributed by atoms with E-state index in [0.717, 1.165) is 39.2 Å². The number of hydrogen-bond donors (Lipinski definition) is 0. The van der Waals surface area contributed by atoms with Crippen molar-refractivity contribution in [3.05, 3.63) is 205 Å². The lowest BCUT2D eigenvalue weighted by Crippen LogP contribution is -2.14. The minimum atomic E-state index is -0.0279. The van der Waals surface area contributed by atoms with Crippen LogP contribution in [0.25, 0.3) is 99.6 Å². The second kappa shape index (κ2) is 13.0. The van der Waals surface area contributed by atoms with Gasteiger partial charge in [0.1, 0.15) is 0 Å². The lowest BCUT2D eigenvalue weighted by atomic mass is 9.82. The number of rotatable bonds is 5. The maximum absolute atomic E-state index is 5.34. The predicted octanol–water partition coefficient (Wildman–Crippen LogP) is 14.6. The van der Waals surface area contributed by atoms with Crippen LogP contribution in [-0.2, 0) is 5.41 Å². The van der Waals surface area contributed by atoms with Crippen LogP contribution in [0.1, 0.15) is 25.0 Å². The smallest absolute Gasteiger partial charge is 0.160 e. The van der Waals surface area contributed by atoms with Crippen molar-refractivity contribution in [2.75, 3.05) is 0 Å². The SMILES string of the molecule is CC1(C)c2ccccc2-c2cc(-c3cccc(-c4cc(-c5ccccc5-c5c6ccccc6cc6c5ccc5ccccc56)nc(-c5ccccc5)n4)c3)ccc21. The summed E-state index contributed by atoms with van der Waals surface area (Å²) in [5.41, 5.74) is 15.0. The van der Waals surface area contributed by atoms with Crippen molar-refractivity contribution in [1.82, 2.24) is 9.97 Å². The zero-order valence-electron chi connectivity index (χ0n) is 31.9. The maximum Gasteiger partial charge on any atom is 0.160 e. The fourth-order valence-electron chi connectivity index (χ4n) is 9.24. The molecule has 9 aromatic carbocycles. The summed E-state index contributed by atoms with van der Waals surface area (Å²) in [4.78, 5) is 10.6. The van der Waals surface area contributed by atoms with Gasteiger partial charge in [-0.2, -0.15) is 0 Å². The van der Waals surface area contributed by atoms with Crippen LogP contribution < -0.4 is 0 Å². The molecule has 0 N–H and O–H groups in total. The van der Waals surface area contributed by atoms with Gasteiger partial charge in [-0.15, -0.1) is 0 Å². The molecule has 0 saturated heterocycles. The van der Waals surface area contributed by atoms with Crippen LogP contribution in [-0.4, -0.2) is 9.97 Å². The highest BCUT2D eigenvalue weighted by atomic mass is 14.9. The minimum absolute atomic E-state index is 0.0279. The molecule has 0 aliphatic heterocycles. The Balaban J connectivity index is 1.10. The first kappa shape index (κ1) is 33.2. The molecule has 1 aliphatic carbocycles. The van der Waals surface area contributed by atoms with Crippen LogP contribution in [0.4, 0.5) is 0 Å². The molecule has 1 heterocycles. The van der Waals surface area contributed by atoms with E-state index in [1.807, 2.05) is 6.07 Å². The second-order valence-electron chi connectivity index (χ2n) is 15.7. The maximum atomic E-state index is 5.34. The molecule has 268 valence electrons. The van der Waals surface area contributed by atoms with Crippen LogP contribution in [0.3, 0.4) is 0 Å². The molecule has 2 nitrogen and oxygen atoms in total. The van der Waals surface area contributed by atoms with Gasteiger partial charge < -0.3 is 0 Å². The Morgan fingerprint density at radius 3 is 1.82 bits per heavy atom. The van der Waals surface area contributed by atoms with E-state index in [0.29, 0.717) is 5.82 Å². The monoisotopic (exact) mass is 726 g/mol. The molecule has 0 radical (unpaired) electrons. The van der Waals surface area contributed by atoms with Gasteiger partial charge in [-0.1, -0.05) is 184 Å². The zero-order chi connectivity index (χ0) is 38.1. The Bertz CT molecular complexity index is 3210. The van der Waals surface area contributed by atoms with Crippen LogP contribution in [0.15, 0.2) is 194 Å². The van der Waals surface area contributed by atoms with Crippen molar-refractivity contribution < 1.29 is 0 Å². The summed E-state index contributed by atoms with van der Waals surface area (Å²) in [7, 11) is 0. The third-order valence-corrected chi connectivity index (χ3v) is 12.1. The van der Waals surface area contributed by atoms with Crippen molar-refractivity contribution in [3.8, 4) is 67.3 Å². The van der Waals surface area contributed by atoms with E-state index in [4.69, 9.17) is 9.97 Å². The van der Waals surface area contributed by atoms with Crippen molar-refractivity contribution in [1.29, 1.82) is 0 Å². The van der Waals surface area contributed by atoms with Gasteiger partial charge in [0.05, 0.1) is 11.4 Å². The number of hydrogen-bond acceptors (Lipinski definition) is 2. The normalized spacial score (nSPS) is 12.9. The van der Waals surface area contributed by atoms with Gasteiger partial charge in [0, 0.05) is 22.1 Å². The van der Waals surface area contributed by atoms with Gasteiger partial charge in [0.25, 0.3) is 0 Å². The fourth-order valence-corrected chi connectivity index (χ4v) is 9.24. The minimum Gasteiger partial charge on any atom is -0.228 e. The second-order valence-corrected chi connectivity index (χ2v) is 15.7. The summed E-state index contributed by atoms with van der Waals surface area (Å²) >= 11 is 0. The Kier molecular flexibility index (Phi) is 7.55. The molecule has 0 saturated carbocycles. The van der Waals surface area contributed by atoms with Crippen LogP contribution >= 0.6 is 0 Å². The number of aromatic nitrogens is 2. The van der Waals surface area contributed by atoms with Gasteiger partial charge in [0.15, 0.2) is 5.82 Å². The summed E-state index contributed by atoms with van der Waals surface area (Å²) in [5, 5.41) is 7.41. The highest BCUT2D eigenvalue weighted by Gasteiger charge is 2.35. The highest BCUT2D eigenvalue weighted by Crippen LogP contribution is 2.50. The lowest BCUT2D eigenvalue weighted by Gasteiger charge is -2.21. The molecule has 10 aromatic rings. The average molecular weight is 727 g/mol. The number of nitrogens with zero attached hydrogens (tertiary/aromatic N) is 2. The highest BCUT2D eigenvalue weighted by molar-refractivity contribution is 6.21. The predicted molar refractivity (Wildman–Crippen MR) is 239 cm³/mol. The van der Waals surface area contributed by atoms with Crippen LogP contribution in [0.5, 0.6) is 0 Å². The van der Waals surface area contributed by atoms with Gasteiger partial charge in [-0.3, -0.25) is 0 Å². The average Bonchev–Trinajstić information content (AvgIpc) is 3.51. The van der Waals surface area contributed by atoms with E-state index in [2.05, 4.69) is 202 Å². The Hall–Kier alpha value is -7.16. The third kappa shape index (κ3) is 5.40. The fraction of sp³-hybridized carbons (Fsp3) is 0.0545. The quantitative estimate of drug-likeness (QED) is 0.130. The van der Waals surface area contributed by atoms with Gasteiger partial charge in [-0.05, 0) is 101 Å². The molecule has 0 amide bonds. The standard InChI is InChI=1S/C55H38N2/c1-55(2)49-26-13-12-23-43(49)48-32-38(28-30-50(48)55)37-19-14-20-40(31-37)51-34-52(57-54(56-51)36-16-4-3-5-17-36)44-24-10-11-25-45(44)53-42-22-9-7-18-39(42)33-47-41-21-8-6-15-35(41)27-29-46(47)53/h3-34H,1-2H3. The molecule has 0 bridgehead atoms. The summed E-state index contributed by atoms with van der Waals surface area (Å²) in [6.45, 7) is 4.66. The summed E-state index contributed by atoms with van der Waals surface area (Å²) < 4.78 is 0. The first-order valence-electron chi connectivity index (χ1n) is 19.7. The summed E-state index contributed by atoms with van der Waals surface area (Å²) in [6.07, 6.45) is 0. The van der Waals surface area contributed by atoms with E-state index >= 15 is 0 Å². The van der Waals surface area contributed by atoms with Crippen molar-refractivity contribution in [2.24, 2.45) is 0 Å². The van der Waals surface area contributed by atoms with Crippen molar-refractivity contribution >= 4 is 32.3 Å². The van der Waals surface area contributed by atoms with Gasteiger partial charge >= 0.3 is 0 Å². The number of fused-ring (bicyclic) bond motifs is 7. The topological polar surface area (TPSA) is 25.8 Å². The first-order chi connectivity index (χ1) is 28.0. The first-order valence-corrected chi connectivity index (χ1v) is 19.7. The molecular weight excluding hydrogens is 689 g/mol. The molecule has 0 atom stereocenters. The molecule has 0 fully saturated rings. The lowest BCUT2D eigenvalue weighted by molar-refractivity contribution is 0.660. The molecule has 2 heteroatoms. The van der Waals surface area contributed by atoms with E-state index in [1.54, 1.807) is 0 Å². The van der Waals surface area contributed by atoms with E-state index in [9.17, 15) is 0 Å². The van der Waals surface area contributed by atoms with Crippen LogP contribution in [0, 0.1) is 0 Å². The molecule has 0 spiro atoms. The Labute approximate surface area is 332 Å². The molecule has 1 aromatic heterocycles. The molecular formula is C55H38N2. The largest absolute Gasteiger partial charge is 0.228 e. The Morgan fingerprint density at radius 2 is 0.965 bits per heavy atom. The molecule has 11 rings (SSSR count). The van der Waals surface area contributed by atoms with E-state index < -0.39 is 0 Å². The molecule has 57 heavy (non-hydrogen) atoms. The van der Waals surface area contributed by atoms with Crippen molar-refractivity contribution in [3.63, 3.8) is 0 Å². The summed E-state index contributed by atoms with van der Waals surface area (Å²) in [5.74, 6) is 0.702. The van der Waals surface area contributed by atoms with Crippen LogP contribution in [0.2, 0.25) is 0 Å². The Morgan fingerprint density at radius 1 is 0.333 bits per heavy atom. The van der Waals surface area contributed by atoms with E-state index in [1.165, 1.54) is 65.7 Å². The summed E-state index contributed by atoms with van der Waals surface area (Å²) in [6, 6.07) is 70.2. The molecule has 0 unspecified atom stereocenters. The van der Waals surface area contributed by atoms with Gasteiger partial charge in [0.2, 0.25) is 0 Å². The van der Waals surface area contributed by atoms with E-state index in [-0.39, 0.29) is 5.41 Å². The van der Waals surface area contributed by atoms with Gasteiger partial charge in [-0.25, -0.2) is 9.97 Å². The molecule has 1 aliphatic rings.